The Bertz CT molecular complexity index is 1160. The molecule has 146 valence electrons. The molecule has 0 radical (unpaired) electrons. The predicted molar refractivity (Wildman–Crippen MR) is 126 cm³/mol. The fourth-order valence-electron chi connectivity index (χ4n) is 2.76. The lowest BCUT2D eigenvalue weighted by Crippen LogP contribution is -2.07. The Morgan fingerprint density at radius 3 is 2.00 bits per heavy atom. The van der Waals surface area contributed by atoms with Crippen molar-refractivity contribution in [3.63, 3.8) is 0 Å². The van der Waals surface area contributed by atoms with Crippen LogP contribution in [0.25, 0.3) is 11.0 Å². The highest BCUT2D eigenvalue weighted by atomic mass is 79.9. The molecule has 1 aromatic heterocycles. The molecule has 0 saturated heterocycles. The molecule has 0 spiro atoms. The minimum atomic E-state index is 0.317. The minimum Gasteiger partial charge on any atom is -0.363 e. The van der Waals surface area contributed by atoms with E-state index >= 15 is 0 Å². The van der Waals surface area contributed by atoms with Gasteiger partial charge in [-0.15, -0.1) is 0 Å². The quantitative estimate of drug-likeness (QED) is 0.271. The number of aromatic nitrogens is 2. The Labute approximate surface area is 191 Å². The van der Waals surface area contributed by atoms with Gasteiger partial charge >= 0.3 is 0 Å². The number of para-hydroxylation sites is 2. The van der Waals surface area contributed by atoms with Crippen LogP contribution in [0.3, 0.4) is 0 Å². The first-order chi connectivity index (χ1) is 14.0. The van der Waals surface area contributed by atoms with E-state index in [4.69, 9.17) is 44.8 Å². The molecule has 0 amide bonds. The number of nitrogens with zero attached hydrogens (tertiary/aromatic N) is 2. The molecule has 8 heteroatoms. The molecule has 0 bridgehead atoms. The van der Waals surface area contributed by atoms with E-state index in [2.05, 4.69) is 26.6 Å². The van der Waals surface area contributed by atoms with Crippen LogP contribution in [-0.4, -0.2) is 9.97 Å². The number of fused-ring (bicyclic) bond motifs is 1. The van der Waals surface area contributed by atoms with Gasteiger partial charge in [-0.2, -0.15) is 0 Å². The van der Waals surface area contributed by atoms with E-state index in [1.807, 2.05) is 48.5 Å². The van der Waals surface area contributed by atoms with Crippen LogP contribution in [-0.2, 0) is 6.54 Å². The summed E-state index contributed by atoms with van der Waals surface area (Å²) in [4.78, 5) is 9.44. The average molecular weight is 509 g/mol. The highest BCUT2D eigenvalue weighted by molar-refractivity contribution is 9.10. The van der Waals surface area contributed by atoms with Gasteiger partial charge in [0.05, 0.1) is 26.1 Å². The van der Waals surface area contributed by atoms with Gasteiger partial charge in [-0.3, -0.25) is 0 Å². The lowest BCUT2D eigenvalue weighted by atomic mass is 10.2. The highest BCUT2D eigenvalue weighted by Gasteiger charge is 2.12. The van der Waals surface area contributed by atoms with E-state index < -0.39 is 0 Å². The summed E-state index contributed by atoms with van der Waals surface area (Å²) >= 11 is 21.8. The van der Waals surface area contributed by atoms with Crippen molar-refractivity contribution in [2.75, 3.05) is 10.6 Å². The molecule has 4 nitrogen and oxygen atoms in total. The molecular weight excluding hydrogens is 495 g/mol. The molecule has 1 heterocycles. The van der Waals surface area contributed by atoms with Crippen molar-refractivity contribution in [1.29, 1.82) is 0 Å². The van der Waals surface area contributed by atoms with Crippen LogP contribution in [0.2, 0.25) is 15.1 Å². The van der Waals surface area contributed by atoms with Gasteiger partial charge in [0.25, 0.3) is 0 Å². The molecule has 0 unspecified atom stereocenters. The van der Waals surface area contributed by atoms with E-state index in [0.717, 1.165) is 21.1 Å². The zero-order valence-electron chi connectivity index (χ0n) is 14.9. The van der Waals surface area contributed by atoms with Crippen LogP contribution in [0.4, 0.5) is 17.3 Å². The van der Waals surface area contributed by atoms with Crippen molar-refractivity contribution >= 4 is 79.1 Å². The second-order valence-electron chi connectivity index (χ2n) is 6.27. The fraction of sp³-hybridized carbons (Fsp3) is 0.0476. The Hall–Kier alpha value is -2.05. The molecule has 4 aromatic rings. The lowest BCUT2D eigenvalue weighted by molar-refractivity contribution is 1.11. The van der Waals surface area contributed by atoms with Gasteiger partial charge in [0.1, 0.15) is 0 Å². The summed E-state index contributed by atoms with van der Waals surface area (Å²) in [6, 6.07) is 19.2. The first-order valence-corrected chi connectivity index (χ1v) is 10.6. The normalized spacial score (nSPS) is 10.9. The molecule has 0 aliphatic rings. The molecule has 0 aliphatic heterocycles. The zero-order valence-corrected chi connectivity index (χ0v) is 18.7. The first-order valence-electron chi connectivity index (χ1n) is 8.66. The Morgan fingerprint density at radius 1 is 0.793 bits per heavy atom. The van der Waals surface area contributed by atoms with Crippen LogP contribution in [0.1, 0.15) is 5.56 Å². The summed E-state index contributed by atoms with van der Waals surface area (Å²) in [6.07, 6.45) is 0. The largest absolute Gasteiger partial charge is 0.363 e. The molecule has 0 saturated carbocycles. The third-order valence-corrected chi connectivity index (χ3v) is 5.92. The van der Waals surface area contributed by atoms with Gasteiger partial charge in [0, 0.05) is 16.7 Å². The van der Waals surface area contributed by atoms with E-state index in [1.165, 1.54) is 0 Å². The number of hydrogen-bond acceptors (Lipinski definition) is 4. The number of nitrogens with one attached hydrogen (secondary N) is 2. The number of halogens is 4. The number of hydrogen-bond donors (Lipinski definition) is 2. The lowest BCUT2D eigenvalue weighted by Gasteiger charge is -2.14. The van der Waals surface area contributed by atoms with Crippen LogP contribution >= 0.6 is 50.7 Å². The molecule has 3 aromatic carbocycles. The average Bonchev–Trinajstić information content (AvgIpc) is 2.71. The summed E-state index contributed by atoms with van der Waals surface area (Å²) in [7, 11) is 0. The first kappa shape index (κ1) is 20.2. The second kappa shape index (κ2) is 8.76. The Morgan fingerprint density at radius 2 is 1.38 bits per heavy atom. The minimum absolute atomic E-state index is 0.317. The van der Waals surface area contributed by atoms with Gasteiger partial charge in [0.2, 0.25) is 0 Å². The zero-order chi connectivity index (χ0) is 20.4. The number of rotatable bonds is 5. The third kappa shape index (κ3) is 4.75. The Balaban J connectivity index is 1.69. The molecule has 0 atom stereocenters. The predicted octanol–water partition coefficient (Wildman–Crippen LogP) is 7.71. The topological polar surface area (TPSA) is 49.8 Å². The molecule has 4 rings (SSSR count). The van der Waals surface area contributed by atoms with E-state index in [1.54, 1.807) is 12.1 Å². The number of anilines is 3. The maximum absolute atomic E-state index is 6.16. The number of benzene rings is 3. The van der Waals surface area contributed by atoms with Gasteiger partial charge in [0.15, 0.2) is 11.6 Å². The third-order valence-electron chi connectivity index (χ3n) is 4.19. The van der Waals surface area contributed by atoms with E-state index in [-0.39, 0.29) is 0 Å². The monoisotopic (exact) mass is 506 g/mol. The fourth-order valence-corrected chi connectivity index (χ4v) is 3.62. The molecular formula is C21H14BrCl3N4. The van der Waals surface area contributed by atoms with Crippen molar-refractivity contribution in [3.8, 4) is 0 Å². The van der Waals surface area contributed by atoms with Crippen molar-refractivity contribution < 1.29 is 0 Å². The second-order valence-corrected chi connectivity index (χ2v) is 8.38. The standard InChI is InChI=1S/C21H14BrCl3N4/c22-13-7-5-12(6-8-13)11-26-20-21(29-18-4-2-1-3-17(18)28-20)27-14-9-15(23)19(25)16(24)10-14/h1-10H,11H2,(H,26,28)(H,27,29). The maximum Gasteiger partial charge on any atom is 0.174 e. The van der Waals surface area contributed by atoms with Crippen LogP contribution in [0.15, 0.2) is 65.1 Å². The van der Waals surface area contributed by atoms with Crippen molar-refractivity contribution in [2.24, 2.45) is 0 Å². The van der Waals surface area contributed by atoms with Gasteiger partial charge in [-0.1, -0.05) is 75.0 Å². The smallest absolute Gasteiger partial charge is 0.174 e. The Kier molecular flexibility index (Phi) is 6.11. The SMILES string of the molecule is Clc1cc(Nc2nc3ccccc3nc2NCc2ccc(Br)cc2)cc(Cl)c1Cl. The highest BCUT2D eigenvalue weighted by Crippen LogP contribution is 2.35. The van der Waals surface area contributed by atoms with Crippen LogP contribution in [0, 0.1) is 0 Å². The van der Waals surface area contributed by atoms with Crippen molar-refractivity contribution in [2.45, 2.75) is 6.54 Å². The van der Waals surface area contributed by atoms with E-state index in [0.29, 0.717) is 38.9 Å². The summed E-state index contributed by atoms with van der Waals surface area (Å²) in [5.41, 5.74) is 3.35. The van der Waals surface area contributed by atoms with Gasteiger partial charge < -0.3 is 10.6 Å². The van der Waals surface area contributed by atoms with Crippen LogP contribution < -0.4 is 10.6 Å². The van der Waals surface area contributed by atoms with Gasteiger partial charge in [-0.25, -0.2) is 9.97 Å². The maximum atomic E-state index is 6.16. The molecule has 0 aliphatic carbocycles. The van der Waals surface area contributed by atoms with Crippen molar-refractivity contribution in [1.82, 2.24) is 9.97 Å². The summed E-state index contributed by atoms with van der Waals surface area (Å²) in [5, 5.41) is 7.64. The van der Waals surface area contributed by atoms with Crippen molar-refractivity contribution in [3.05, 3.63) is 85.8 Å². The molecule has 29 heavy (non-hydrogen) atoms. The van der Waals surface area contributed by atoms with E-state index in [9.17, 15) is 0 Å². The summed E-state index contributed by atoms with van der Waals surface area (Å²) in [6.45, 7) is 0.594. The van der Waals surface area contributed by atoms with Crippen LogP contribution in [0.5, 0.6) is 0 Å². The summed E-state index contributed by atoms with van der Waals surface area (Å²) in [5.74, 6) is 1.18. The molecule has 0 fully saturated rings. The van der Waals surface area contributed by atoms with Gasteiger partial charge in [-0.05, 0) is 42.0 Å². The summed E-state index contributed by atoms with van der Waals surface area (Å²) < 4.78 is 1.03. The molecule has 2 N–H and O–H groups in total.